The third-order valence-electron chi connectivity index (χ3n) is 1.92. The van der Waals surface area contributed by atoms with E-state index in [4.69, 9.17) is 5.11 Å². The Bertz CT molecular complexity index is 322. The van der Waals surface area contributed by atoms with E-state index in [-0.39, 0.29) is 5.91 Å². The van der Waals surface area contributed by atoms with Gasteiger partial charge in [0.2, 0.25) is 5.91 Å². The molecule has 1 rings (SSSR count). The molecule has 15 heavy (non-hydrogen) atoms. The molecule has 0 aliphatic heterocycles. The second kappa shape index (κ2) is 5.88. The smallest absolute Gasteiger partial charge is 0.224 e. The average Bonchev–Trinajstić information content (AvgIpc) is 2.19. The van der Waals surface area contributed by atoms with E-state index in [0.29, 0.717) is 12.8 Å². The number of halogens is 1. The summed E-state index contributed by atoms with van der Waals surface area (Å²) in [5.41, 5.74) is 0.772. The van der Waals surface area contributed by atoms with Gasteiger partial charge in [-0.15, -0.1) is 0 Å². The van der Waals surface area contributed by atoms with Crippen LogP contribution in [0.25, 0.3) is 0 Å². The average molecular weight is 272 g/mol. The third-order valence-corrected chi connectivity index (χ3v) is 2.45. The van der Waals surface area contributed by atoms with Crippen molar-refractivity contribution >= 4 is 27.5 Å². The molecular formula is C11H14BrNO2. The first-order chi connectivity index (χ1) is 7.08. The van der Waals surface area contributed by atoms with Crippen molar-refractivity contribution in [1.82, 2.24) is 0 Å². The zero-order valence-electron chi connectivity index (χ0n) is 8.53. The van der Waals surface area contributed by atoms with Gasteiger partial charge >= 0.3 is 0 Å². The van der Waals surface area contributed by atoms with Crippen LogP contribution >= 0.6 is 15.9 Å². The standard InChI is InChI=1S/C11H14BrNO2/c1-8(14)2-7-11(15)13-10-5-3-9(12)4-6-10/h3-6,8,14H,2,7H2,1H3,(H,13,15). The lowest BCUT2D eigenvalue weighted by Crippen LogP contribution is -2.13. The number of rotatable bonds is 4. The largest absolute Gasteiger partial charge is 0.393 e. The topological polar surface area (TPSA) is 49.3 Å². The van der Waals surface area contributed by atoms with E-state index < -0.39 is 6.10 Å². The van der Waals surface area contributed by atoms with Crippen LogP contribution in [0.4, 0.5) is 5.69 Å². The van der Waals surface area contributed by atoms with Crippen molar-refractivity contribution in [1.29, 1.82) is 0 Å². The summed E-state index contributed by atoms with van der Waals surface area (Å²) in [4.78, 5) is 11.4. The highest BCUT2D eigenvalue weighted by molar-refractivity contribution is 9.10. The Morgan fingerprint density at radius 1 is 1.47 bits per heavy atom. The first kappa shape index (κ1) is 12.2. The van der Waals surface area contributed by atoms with Gasteiger partial charge in [-0.05, 0) is 37.6 Å². The van der Waals surface area contributed by atoms with Gasteiger partial charge in [-0.3, -0.25) is 4.79 Å². The Balaban J connectivity index is 2.41. The van der Waals surface area contributed by atoms with E-state index >= 15 is 0 Å². The lowest BCUT2D eigenvalue weighted by atomic mass is 10.2. The fourth-order valence-corrected chi connectivity index (χ4v) is 1.36. The molecule has 0 radical (unpaired) electrons. The Hall–Kier alpha value is -0.870. The minimum Gasteiger partial charge on any atom is -0.393 e. The molecule has 1 aromatic carbocycles. The summed E-state index contributed by atoms with van der Waals surface area (Å²) in [5, 5.41) is 11.8. The molecule has 0 fully saturated rings. The zero-order chi connectivity index (χ0) is 11.3. The summed E-state index contributed by atoms with van der Waals surface area (Å²) in [6.45, 7) is 1.67. The van der Waals surface area contributed by atoms with Crippen molar-refractivity contribution in [2.24, 2.45) is 0 Å². The van der Waals surface area contributed by atoms with Gasteiger partial charge < -0.3 is 10.4 Å². The molecule has 1 unspecified atom stereocenters. The van der Waals surface area contributed by atoms with Gasteiger partial charge in [-0.1, -0.05) is 15.9 Å². The van der Waals surface area contributed by atoms with Crippen molar-refractivity contribution in [3.05, 3.63) is 28.7 Å². The number of hydrogen-bond donors (Lipinski definition) is 2. The monoisotopic (exact) mass is 271 g/mol. The van der Waals surface area contributed by atoms with Gasteiger partial charge in [0, 0.05) is 16.6 Å². The van der Waals surface area contributed by atoms with Crippen LogP contribution < -0.4 is 5.32 Å². The summed E-state index contributed by atoms with van der Waals surface area (Å²) in [6.07, 6.45) is 0.400. The molecule has 82 valence electrons. The number of carbonyl (C=O) groups excluding carboxylic acids is 1. The maximum Gasteiger partial charge on any atom is 0.224 e. The molecule has 0 bridgehead atoms. The van der Waals surface area contributed by atoms with Gasteiger partial charge in [0.15, 0.2) is 0 Å². The predicted octanol–water partition coefficient (Wildman–Crippen LogP) is 2.55. The molecule has 2 N–H and O–H groups in total. The van der Waals surface area contributed by atoms with Gasteiger partial charge in [-0.2, -0.15) is 0 Å². The minimum atomic E-state index is -0.430. The Kier molecular flexibility index (Phi) is 4.78. The van der Waals surface area contributed by atoms with Crippen molar-refractivity contribution in [2.75, 3.05) is 5.32 Å². The first-order valence-corrected chi connectivity index (χ1v) is 5.60. The Morgan fingerprint density at radius 2 is 2.07 bits per heavy atom. The Morgan fingerprint density at radius 3 is 2.60 bits per heavy atom. The van der Waals surface area contributed by atoms with Gasteiger partial charge in [0.05, 0.1) is 6.10 Å². The van der Waals surface area contributed by atoms with E-state index in [2.05, 4.69) is 21.2 Å². The molecular weight excluding hydrogens is 258 g/mol. The maximum atomic E-state index is 11.4. The minimum absolute atomic E-state index is 0.0711. The summed E-state index contributed by atoms with van der Waals surface area (Å²) < 4.78 is 0.976. The summed E-state index contributed by atoms with van der Waals surface area (Å²) >= 11 is 3.32. The molecule has 0 heterocycles. The van der Waals surface area contributed by atoms with E-state index in [1.165, 1.54) is 0 Å². The van der Waals surface area contributed by atoms with Crippen LogP contribution in [-0.4, -0.2) is 17.1 Å². The second-order valence-corrected chi connectivity index (χ2v) is 4.36. The molecule has 3 nitrogen and oxygen atoms in total. The fraction of sp³-hybridized carbons (Fsp3) is 0.364. The predicted molar refractivity (Wildman–Crippen MR) is 63.7 cm³/mol. The van der Waals surface area contributed by atoms with E-state index in [9.17, 15) is 4.79 Å². The molecule has 0 saturated carbocycles. The molecule has 1 aromatic rings. The molecule has 1 amide bonds. The lowest BCUT2D eigenvalue weighted by Gasteiger charge is -2.06. The van der Waals surface area contributed by atoms with Crippen LogP contribution in [0.1, 0.15) is 19.8 Å². The summed E-state index contributed by atoms with van der Waals surface area (Å²) in [5.74, 6) is -0.0711. The quantitative estimate of drug-likeness (QED) is 0.884. The highest BCUT2D eigenvalue weighted by Crippen LogP contribution is 2.14. The van der Waals surface area contributed by atoms with Crippen molar-refractivity contribution in [2.45, 2.75) is 25.9 Å². The summed E-state index contributed by atoms with van der Waals surface area (Å²) in [7, 11) is 0. The molecule has 1 atom stereocenters. The van der Waals surface area contributed by atoms with Crippen molar-refractivity contribution in [3.63, 3.8) is 0 Å². The number of hydrogen-bond acceptors (Lipinski definition) is 2. The number of anilines is 1. The number of carbonyl (C=O) groups is 1. The number of aliphatic hydroxyl groups is 1. The van der Waals surface area contributed by atoms with E-state index in [1.54, 1.807) is 6.92 Å². The number of nitrogens with one attached hydrogen (secondary N) is 1. The van der Waals surface area contributed by atoms with Gasteiger partial charge in [-0.25, -0.2) is 0 Å². The highest BCUT2D eigenvalue weighted by atomic mass is 79.9. The van der Waals surface area contributed by atoms with Crippen LogP contribution in [0.5, 0.6) is 0 Å². The molecule has 0 aliphatic rings. The third kappa shape index (κ3) is 4.95. The molecule has 0 spiro atoms. The first-order valence-electron chi connectivity index (χ1n) is 4.81. The number of aliphatic hydroxyl groups excluding tert-OH is 1. The van der Waals surface area contributed by atoms with E-state index in [1.807, 2.05) is 24.3 Å². The fourth-order valence-electron chi connectivity index (χ4n) is 1.10. The molecule has 0 aliphatic carbocycles. The van der Waals surface area contributed by atoms with Gasteiger partial charge in [0.1, 0.15) is 0 Å². The molecule has 0 aromatic heterocycles. The molecule has 0 saturated heterocycles. The van der Waals surface area contributed by atoms with Gasteiger partial charge in [0.25, 0.3) is 0 Å². The SMILES string of the molecule is CC(O)CCC(=O)Nc1ccc(Br)cc1. The highest BCUT2D eigenvalue weighted by Gasteiger charge is 2.04. The van der Waals surface area contributed by atoms with Crippen LogP contribution in [0, 0.1) is 0 Å². The lowest BCUT2D eigenvalue weighted by molar-refractivity contribution is -0.116. The normalized spacial score (nSPS) is 12.2. The van der Waals surface area contributed by atoms with Crippen molar-refractivity contribution in [3.8, 4) is 0 Å². The van der Waals surface area contributed by atoms with Crippen molar-refractivity contribution < 1.29 is 9.90 Å². The Labute approximate surface area is 97.6 Å². The number of amides is 1. The second-order valence-electron chi connectivity index (χ2n) is 3.44. The van der Waals surface area contributed by atoms with E-state index in [0.717, 1.165) is 10.2 Å². The molecule has 4 heteroatoms. The zero-order valence-corrected chi connectivity index (χ0v) is 10.1. The maximum absolute atomic E-state index is 11.4. The summed E-state index contributed by atoms with van der Waals surface area (Å²) in [6, 6.07) is 7.38. The van der Waals surface area contributed by atoms with Crippen LogP contribution in [0.3, 0.4) is 0 Å². The van der Waals surface area contributed by atoms with Crippen LogP contribution in [0.15, 0.2) is 28.7 Å². The number of benzene rings is 1. The van der Waals surface area contributed by atoms with Crippen LogP contribution in [0.2, 0.25) is 0 Å². The van der Waals surface area contributed by atoms with Crippen LogP contribution in [-0.2, 0) is 4.79 Å².